The van der Waals surface area contributed by atoms with Crippen molar-refractivity contribution in [3.8, 4) is 0 Å². The summed E-state index contributed by atoms with van der Waals surface area (Å²) < 4.78 is 5.41. The maximum Gasteiger partial charge on any atom is 0.323 e. The Morgan fingerprint density at radius 3 is 2.62 bits per heavy atom. The van der Waals surface area contributed by atoms with Gasteiger partial charge in [0.05, 0.1) is 0 Å². The molecule has 0 saturated carbocycles. The zero-order chi connectivity index (χ0) is 12.2. The fourth-order valence-electron chi connectivity index (χ4n) is 1.69. The van der Waals surface area contributed by atoms with Crippen molar-refractivity contribution in [2.75, 3.05) is 24.6 Å². The highest BCUT2D eigenvalue weighted by atomic mass is 32.2. The summed E-state index contributed by atoms with van der Waals surface area (Å²) in [6.07, 6.45) is 1.16. The molecule has 1 heterocycles. The number of hydrogen-bond acceptors (Lipinski definition) is 4. The van der Waals surface area contributed by atoms with Gasteiger partial charge in [-0.05, 0) is 46.4 Å². The van der Waals surface area contributed by atoms with E-state index in [1.54, 1.807) is 0 Å². The Hall–Kier alpha value is -0.220. The largest absolute Gasteiger partial charge is 0.459 e. The highest BCUT2D eigenvalue weighted by Crippen LogP contribution is 2.15. The SMILES string of the molecule is CC(C(=O)OC(C)(C)C)N1CCCSCC1. The number of thioether (sulfide) groups is 1. The van der Waals surface area contributed by atoms with Crippen LogP contribution in [0, 0.1) is 0 Å². The van der Waals surface area contributed by atoms with Gasteiger partial charge < -0.3 is 4.74 Å². The van der Waals surface area contributed by atoms with Gasteiger partial charge in [-0.1, -0.05) is 0 Å². The first-order chi connectivity index (χ1) is 7.40. The first-order valence-corrected chi connectivity index (χ1v) is 7.10. The molecule has 0 spiro atoms. The van der Waals surface area contributed by atoms with Crippen molar-refractivity contribution in [2.45, 2.75) is 45.8 Å². The molecule has 1 atom stereocenters. The van der Waals surface area contributed by atoms with Gasteiger partial charge in [-0.3, -0.25) is 9.69 Å². The third-order valence-electron chi connectivity index (χ3n) is 2.55. The minimum atomic E-state index is -0.383. The number of rotatable bonds is 2. The first-order valence-electron chi connectivity index (χ1n) is 5.95. The quantitative estimate of drug-likeness (QED) is 0.697. The molecular formula is C12H23NO2S. The second-order valence-electron chi connectivity index (χ2n) is 5.21. The van der Waals surface area contributed by atoms with Crippen molar-refractivity contribution >= 4 is 17.7 Å². The van der Waals surface area contributed by atoms with Gasteiger partial charge in [-0.2, -0.15) is 11.8 Å². The fraction of sp³-hybridized carbons (Fsp3) is 0.917. The third kappa shape index (κ3) is 4.74. The van der Waals surface area contributed by atoms with Crippen LogP contribution in [0.4, 0.5) is 0 Å². The van der Waals surface area contributed by atoms with Crippen molar-refractivity contribution in [3.05, 3.63) is 0 Å². The minimum Gasteiger partial charge on any atom is -0.459 e. The van der Waals surface area contributed by atoms with E-state index in [1.807, 2.05) is 39.5 Å². The average Bonchev–Trinajstić information content (AvgIpc) is 2.41. The molecule has 0 aromatic carbocycles. The predicted octanol–water partition coefficient (Wildman–Crippen LogP) is 2.16. The summed E-state index contributed by atoms with van der Waals surface area (Å²) in [7, 11) is 0. The van der Waals surface area contributed by atoms with Crippen LogP contribution in [0.3, 0.4) is 0 Å². The molecule has 0 N–H and O–H groups in total. The summed E-state index contributed by atoms with van der Waals surface area (Å²) in [4.78, 5) is 14.1. The lowest BCUT2D eigenvalue weighted by atomic mass is 10.2. The summed E-state index contributed by atoms with van der Waals surface area (Å²) in [6, 6.07) is -0.113. The van der Waals surface area contributed by atoms with Crippen LogP contribution >= 0.6 is 11.8 Å². The molecule has 0 bridgehead atoms. The molecule has 1 unspecified atom stereocenters. The smallest absolute Gasteiger partial charge is 0.323 e. The number of carbonyl (C=O) groups excluding carboxylic acids is 1. The minimum absolute atomic E-state index is 0.0978. The molecule has 0 amide bonds. The molecule has 0 aromatic rings. The molecule has 16 heavy (non-hydrogen) atoms. The van der Waals surface area contributed by atoms with E-state index in [9.17, 15) is 4.79 Å². The van der Waals surface area contributed by atoms with Gasteiger partial charge in [0.2, 0.25) is 0 Å². The highest BCUT2D eigenvalue weighted by Gasteiger charge is 2.26. The van der Waals surface area contributed by atoms with Crippen molar-refractivity contribution < 1.29 is 9.53 Å². The van der Waals surface area contributed by atoms with Crippen molar-refractivity contribution in [1.29, 1.82) is 0 Å². The molecule has 1 rings (SSSR count). The monoisotopic (exact) mass is 245 g/mol. The van der Waals surface area contributed by atoms with E-state index in [0.717, 1.165) is 25.3 Å². The highest BCUT2D eigenvalue weighted by molar-refractivity contribution is 7.99. The zero-order valence-electron chi connectivity index (χ0n) is 10.8. The Kier molecular flexibility index (Phi) is 5.12. The Morgan fingerprint density at radius 1 is 1.31 bits per heavy atom. The van der Waals surface area contributed by atoms with Crippen LogP contribution in [0.5, 0.6) is 0 Å². The van der Waals surface area contributed by atoms with Crippen LogP contribution in [0.1, 0.15) is 34.1 Å². The topological polar surface area (TPSA) is 29.5 Å². The number of hydrogen-bond donors (Lipinski definition) is 0. The van der Waals surface area contributed by atoms with Crippen LogP contribution in [-0.4, -0.2) is 47.1 Å². The van der Waals surface area contributed by atoms with Gasteiger partial charge in [0.25, 0.3) is 0 Å². The van der Waals surface area contributed by atoms with E-state index in [1.165, 1.54) is 5.75 Å². The average molecular weight is 245 g/mol. The van der Waals surface area contributed by atoms with Gasteiger partial charge in [0, 0.05) is 12.3 Å². The van der Waals surface area contributed by atoms with E-state index in [4.69, 9.17) is 4.74 Å². The summed E-state index contributed by atoms with van der Waals surface area (Å²) in [6.45, 7) is 9.68. The lowest BCUT2D eigenvalue weighted by Gasteiger charge is -2.29. The molecule has 94 valence electrons. The third-order valence-corrected chi connectivity index (χ3v) is 3.60. The van der Waals surface area contributed by atoms with Crippen LogP contribution < -0.4 is 0 Å². The summed E-state index contributed by atoms with van der Waals surface area (Å²) >= 11 is 1.97. The van der Waals surface area contributed by atoms with Gasteiger partial charge in [0.15, 0.2) is 0 Å². The second kappa shape index (κ2) is 5.92. The van der Waals surface area contributed by atoms with Gasteiger partial charge in [-0.15, -0.1) is 0 Å². The van der Waals surface area contributed by atoms with Crippen molar-refractivity contribution in [2.24, 2.45) is 0 Å². The van der Waals surface area contributed by atoms with Crippen LogP contribution in [0.2, 0.25) is 0 Å². The number of carbonyl (C=O) groups is 1. The molecule has 0 aliphatic carbocycles. The van der Waals surface area contributed by atoms with Crippen LogP contribution in [0.15, 0.2) is 0 Å². The maximum atomic E-state index is 11.9. The predicted molar refractivity (Wildman–Crippen MR) is 68.8 cm³/mol. The molecule has 1 saturated heterocycles. The fourth-order valence-corrected chi connectivity index (χ4v) is 2.59. The molecule has 1 aliphatic rings. The molecular weight excluding hydrogens is 222 g/mol. The summed E-state index contributed by atoms with van der Waals surface area (Å²) in [5.41, 5.74) is -0.383. The van der Waals surface area contributed by atoms with Gasteiger partial charge in [0.1, 0.15) is 11.6 Å². The van der Waals surface area contributed by atoms with Crippen LogP contribution in [-0.2, 0) is 9.53 Å². The summed E-state index contributed by atoms with van der Waals surface area (Å²) in [5, 5.41) is 0. The van der Waals surface area contributed by atoms with E-state index >= 15 is 0 Å². The van der Waals surface area contributed by atoms with Gasteiger partial charge in [-0.25, -0.2) is 0 Å². The van der Waals surface area contributed by atoms with E-state index in [2.05, 4.69) is 4.90 Å². The van der Waals surface area contributed by atoms with Crippen LogP contribution in [0.25, 0.3) is 0 Å². The molecule has 1 aliphatic heterocycles. The molecule has 0 aromatic heterocycles. The molecule has 4 heteroatoms. The van der Waals surface area contributed by atoms with Crippen molar-refractivity contribution in [3.63, 3.8) is 0 Å². The second-order valence-corrected chi connectivity index (χ2v) is 6.44. The molecule has 3 nitrogen and oxygen atoms in total. The molecule has 1 fully saturated rings. The van der Waals surface area contributed by atoms with E-state index in [-0.39, 0.29) is 17.6 Å². The normalized spacial score (nSPS) is 21.2. The summed E-state index contributed by atoms with van der Waals surface area (Å²) in [5.74, 6) is 2.23. The Labute approximate surface area is 103 Å². The standard InChI is InChI=1S/C12H23NO2S/c1-10(11(14)15-12(2,3)4)13-6-5-8-16-9-7-13/h10H,5-9H2,1-4H3. The lowest BCUT2D eigenvalue weighted by molar-refractivity contribution is -0.160. The number of esters is 1. The lowest BCUT2D eigenvalue weighted by Crippen LogP contribution is -2.43. The van der Waals surface area contributed by atoms with E-state index < -0.39 is 0 Å². The number of nitrogens with zero attached hydrogens (tertiary/aromatic N) is 1. The Balaban J connectivity index is 2.48. The van der Waals surface area contributed by atoms with Crippen molar-refractivity contribution in [1.82, 2.24) is 4.90 Å². The van der Waals surface area contributed by atoms with E-state index in [0.29, 0.717) is 0 Å². The molecule has 0 radical (unpaired) electrons. The zero-order valence-corrected chi connectivity index (χ0v) is 11.6. The first kappa shape index (κ1) is 13.8. The Morgan fingerprint density at radius 2 is 2.00 bits per heavy atom. The number of ether oxygens (including phenoxy) is 1. The van der Waals surface area contributed by atoms with Gasteiger partial charge >= 0.3 is 5.97 Å². The maximum absolute atomic E-state index is 11.9. The Bertz CT molecular complexity index is 230.